The molecule has 2 aromatic rings. The third kappa shape index (κ3) is 2.32. The smallest absolute Gasteiger partial charge is 0.257 e. The highest BCUT2D eigenvalue weighted by Crippen LogP contribution is 2.24. The summed E-state index contributed by atoms with van der Waals surface area (Å²) in [7, 11) is 0. The van der Waals surface area contributed by atoms with Gasteiger partial charge in [0.05, 0.1) is 6.42 Å². The number of nitrogens with one attached hydrogen (secondary N) is 2. The third-order valence-electron chi connectivity index (χ3n) is 2.74. The summed E-state index contributed by atoms with van der Waals surface area (Å²) in [5.41, 5.74) is 2.11. The fraction of sp³-hybridized carbons (Fsp3) is 0.167. The molecule has 2 N–H and O–H groups in total. The van der Waals surface area contributed by atoms with Crippen LogP contribution in [-0.2, 0) is 11.2 Å². The maximum absolute atomic E-state index is 12.0. The van der Waals surface area contributed by atoms with Crippen LogP contribution in [0, 0.1) is 6.92 Å². The monoisotopic (exact) mass is 274 g/mol. The minimum atomic E-state index is -0.252. The summed E-state index contributed by atoms with van der Waals surface area (Å²) >= 11 is 1.32. The Morgan fingerprint density at radius 2 is 2.26 bits per heavy atom. The van der Waals surface area contributed by atoms with E-state index >= 15 is 0 Å². The van der Waals surface area contributed by atoms with Gasteiger partial charge in [-0.15, -0.1) is 10.2 Å². The van der Waals surface area contributed by atoms with Gasteiger partial charge in [-0.2, -0.15) is 0 Å². The van der Waals surface area contributed by atoms with Gasteiger partial charge < -0.3 is 5.32 Å². The van der Waals surface area contributed by atoms with Gasteiger partial charge in [-0.3, -0.25) is 14.9 Å². The van der Waals surface area contributed by atoms with Crippen molar-refractivity contribution in [2.45, 2.75) is 13.3 Å². The van der Waals surface area contributed by atoms with E-state index in [4.69, 9.17) is 0 Å². The van der Waals surface area contributed by atoms with E-state index < -0.39 is 0 Å². The molecule has 2 heterocycles. The van der Waals surface area contributed by atoms with Crippen LogP contribution in [0.15, 0.2) is 18.2 Å². The molecule has 96 valence electrons. The van der Waals surface area contributed by atoms with E-state index in [0.29, 0.717) is 17.1 Å². The van der Waals surface area contributed by atoms with Crippen molar-refractivity contribution in [1.82, 2.24) is 10.2 Å². The van der Waals surface area contributed by atoms with Crippen molar-refractivity contribution in [1.29, 1.82) is 0 Å². The zero-order chi connectivity index (χ0) is 13.4. The van der Waals surface area contributed by atoms with Gasteiger partial charge in [0.2, 0.25) is 11.0 Å². The van der Waals surface area contributed by atoms with Crippen molar-refractivity contribution < 1.29 is 9.59 Å². The zero-order valence-electron chi connectivity index (χ0n) is 10.1. The molecule has 1 aliphatic heterocycles. The number of rotatable bonds is 2. The fourth-order valence-electron chi connectivity index (χ4n) is 1.89. The highest BCUT2D eigenvalue weighted by Gasteiger charge is 2.19. The van der Waals surface area contributed by atoms with E-state index in [1.54, 1.807) is 18.2 Å². The molecule has 1 aromatic heterocycles. The number of amides is 2. The Kier molecular flexibility index (Phi) is 2.75. The minimum absolute atomic E-state index is 0.0488. The van der Waals surface area contributed by atoms with Crippen LogP contribution < -0.4 is 10.6 Å². The number of carbonyl (C=O) groups excluding carboxylic acids is 2. The lowest BCUT2D eigenvalue weighted by Crippen LogP contribution is -2.11. The number of carbonyl (C=O) groups is 2. The summed E-state index contributed by atoms with van der Waals surface area (Å²) in [4.78, 5) is 23.3. The lowest BCUT2D eigenvalue weighted by atomic mass is 10.1. The minimum Gasteiger partial charge on any atom is -0.326 e. The van der Waals surface area contributed by atoms with Crippen LogP contribution in [0.25, 0.3) is 0 Å². The molecule has 7 heteroatoms. The summed E-state index contributed by atoms with van der Waals surface area (Å²) in [5.74, 6) is -0.300. The Balaban J connectivity index is 1.81. The molecule has 0 radical (unpaired) electrons. The van der Waals surface area contributed by atoms with Crippen molar-refractivity contribution >= 4 is 34.0 Å². The molecule has 1 aliphatic rings. The number of hydrogen-bond donors (Lipinski definition) is 2. The normalized spacial score (nSPS) is 13.0. The summed E-state index contributed by atoms with van der Waals surface area (Å²) in [6, 6.07) is 5.13. The van der Waals surface area contributed by atoms with Crippen molar-refractivity contribution in [2.24, 2.45) is 0 Å². The van der Waals surface area contributed by atoms with E-state index in [2.05, 4.69) is 20.8 Å². The maximum Gasteiger partial charge on any atom is 0.257 e. The zero-order valence-corrected chi connectivity index (χ0v) is 10.9. The molecule has 0 fully saturated rings. The van der Waals surface area contributed by atoms with E-state index in [1.807, 2.05) is 6.92 Å². The van der Waals surface area contributed by atoms with Crippen molar-refractivity contribution in [3.63, 3.8) is 0 Å². The number of aromatic nitrogens is 2. The van der Waals surface area contributed by atoms with Gasteiger partial charge in [0.15, 0.2) is 0 Å². The largest absolute Gasteiger partial charge is 0.326 e. The summed E-state index contributed by atoms with van der Waals surface area (Å²) < 4.78 is 0. The summed E-state index contributed by atoms with van der Waals surface area (Å²) in [6.07, 6.45) is 0.314. The molecular formula is C12H10N4O2S. The van der Waals surface area contributed by atoms with E-state index in [0.717, 1.165) is 16.3 Å². The first-order valence-corrected chi connectivity index (χ1v) is 6.48. The standard InChI is InChI=1S/C12H10N4O2S/c1-6-15-16-12(19-6)14-11(18)7-2-3-9-8(4-7)5-10(17)13-9/h2-4H,5H2,1H3,(H,13,17)(H,14,16,18). The van der Waals surface area contributed by atoms with Gasteiger partial charge in [-0.05, 0) is 30.7 Å². The van der Waals surface area contributed by atoms with Crippen LogP contribution in [0.4, 0.5) is 10.8 Å². The van der Waals surface area contributed by atoms with Crippen LogP contribution in [-0.4, -0.2) is 22.0 Å². The van der Waals surface area contributed by atoms with Gasteiger partial charge in [-0.25, -0.2) is 0 Å². The van der Waals surface area contributed by atoms with Crippen molar-refractivity contribution in [3.8, 4) is 0 Å². The number of aryl methyl sites for hydroxylation is 1. The van der Waals surface area contributed by atoms with Gasteiger partial charge in [-0.1, -0.05) is 11.3 Å². The number of benzene rings is 1. The molecule has 6 nitrogen and oxygen atoms in total. The summed E-state index contributed by atoms with van der Waals surface area (Å²) in [6.45, 7) is 1.82. The Hall–Kier alpha value is -2.28. The number of hydrogen-bond acceptors (Lipinski definition) is 5. The highest BCUT2D eigenvalue weighted by molar-refractivity contribution is 7.15. The third-order valence-corrected chi connectivity index (χ3v) is 3.49. The lowest BCUT2D eigenvalue weighted by Gasteiger charge is -2.03. The molecule has 0 saturated carbocycles. The second kappa shape index (κ2) is 4.43. The average Bonchev–Trinajstić information content (AvgIpc) is 2.93. The average molecular weight is 274 g/mol. The molecule has 0 spiro atoms. The number of anilines is 2. The molecule has 0 unspecified atom stereocenters. The Morgan fingerprint density at radius 1 is 1.42 bits per heavy atom. The second-order valence-electron chi connectivity index (χ2n) is 4.18. The quantitative estimate of drug-likeness (QED) is 0.871. The molecule has 1 aromatic carbocycles. The molecule has 0 atom stereocenters. The molecular weight excluding hydrogens is 264 g/mol. The Morgan fingerprint density at radius 3 is 3.00 bits per heavy atom. The van der Waals surface area contributed by atoms with Crippen LogP contribution >= 0.6 is 11.3 Å². The molecule has 0 aliphatic carbocycles. The van der Waals surface area contributed by atoms with Crippen LogP contribution in [0.2, 0.25) is 0 Å². The van der Waals surface area contributed by atoms with E-state index in [1.165, 1.54) is 11.3 Å². The van der Waals surface area contributed by atoms with Crippen LogP contribution in [0.1, 0.15) is 20.9 Å². The molecule has 0 bridgehead atoms. The molecule has 2 amide bonds. The predicted octanol–water partition coefficient (Wildman–Crippen LogP) is 1.59. The highest BCUT2D eigenvalue weighted by atomic mass is 32.1. The van der Waals surface area contributed by atoms with E-state index in [-0.39, 0.29) is 11.8 Å². The van der Waals surface area contributed by atoms with Crippen LogP contribution in [0.5, 0.6) is 0 Å². The van der Waals surface area contributed by atoms with E-state index in [9.17, 15) is 9.59 Å². The Labute approximate surface area is 112 Å². The van der Waals surface area contributed by atoms with Gasteiger partial charge in [0.25, 0.3) is 5.91 Å². The van der Waals surface area contributed by atoms with Crippen LogP contribution in [0.3, 0.4) is 0 Å². The maximum atomic E-state index is 12.0. The topological polar surface area (TPSA) is 84.0 Å². The van der Waals surface area contributed by atoms with Crippen molar-refractivity contribution in [3.05, 3.63) is 34.3 Å². The second-order valence-corrected chi connectivity index (χ2v) is 5.36. The molecule has 0 saturated heterocycles. The SMILES string of the molecule is Cc1nnc(NC(=O)c2ccc3c(c2)CC(=O)N3)s1. The van der Waals surface area contributed by atoms with Crippen molar-refractivity contribution in [2.75, 3.05) is 10.6 Å². The Bertz CT molecular complexity index is 680. The first-order valence-electron chi connectivity index (χ1n) is 5.66. The predicted molar refractivity (Wildman–Crippen MR) is 71.4 cm³/mol. The first-order chi connectivity index (χ1) is 9.11. The number of nitrogens with zero attached hydrogens (tertiary/aromatic N) is 2. The molecule has 19 heavy (non-hydrogen) atoms. The van der Waals surface area contributed by atoms with Gasteiger partial charge in [0, 0.05) is 11.3 Å². The lowest BCUT2D eigenvalue weighted by molar-refractivity contribution is -0.115. The first kappa shape index (κ1) is 11.8. The fourth-order valence-corrected chi connectivity index (χ4v) is 2.47. The van der Waals surface area contributed by atoms with Gasteiger partial charge in [0.1, 0.15) is 5.01 Å². The summed E-state index contributed by atoms with van der Waals surface area (Å²) in [5, 5.41) is 14.3. The molecule has 3 rings (SSSR count). The number of fused-ring (bicyclic) bond motifs is 1. The van der Waals surface area contributed by atoms with Gasteiger partial charge >= 0.3 is 0 Å².